The van der Waals surface area contributed by atoms with Crippen LogP contribution in [0.2, 0.25) is 0 Å². The van der Waals surface area contributed by atoms with E-state index in [4.69, 9.17) is 0 Å². The van der Waals surface area contributed by atoms with Crippen molar-refractivity contribution in [3.8, 4) is 0 Å². The van der Waals surface area contributed by atoms with Gasteiger partial charge in [0.25, 0.3) is 0 Å². The number of halogens is 4. The van der Waals surface area contributed by atoms with E-state index in [0.29, 0.717) is 9.26 Å². The van der Waals surface area contributed by atoms with Gasteiger partial charge >= 0.3 is 6.18 Å². The molecule has 0 saturated carbocycles. The van der Waals surface area contributed by atoms with Crippen LogP contribution in [-0.4, -0.2) is 26.2 Å². The predicted octanol–water partition coefficient (Wildman–Crippen LogP) is 2.72. The summed E-state index contributed by atoms with van der Waals surface area (Å²) in [6, 6.07) is 4.20. The van der Waals surface area contributed by atoms with Gasteiger partial charge in [0.15, 0.2) is 0 Å². The maximum atomic E-state index is 12.7. The molecule has 1 heterocycles. The minimum atomic E-state index is -4.27. The molecule has 0 spiro atoms. The van der Waals surface area contributed by atoms with E-state index in [1.807, 2.05) is 27.5 Å². The molecule has 1 aromatic rings. The molecule has 1 aliphatic heterocycles. The Morgan fingerprint density at radius 2 is 1.76 bits per heavy atom. The summed E-state index contributed by atoms with van der Waals surface area (Å²) in [4.78, 5) is 1.98. The highest BCUT2D eigenvalue weighted by molar-refractivity contribution is 14.1. The van der Waals surface area contributed by atoms with Gasteiger partial charge in [-0.3, -0.25) is 0 Å². The lowest BCUT2D eigenvalue weighted by Crippen LogP contribution is -2.43. The zero-order valence-electron chi connectivity index (χ0n) is 9.02. The van der Waals surface area contributed by atoms with Gasteiger partial charge in [0, 0.05) is 35.4 Å². The van der Waals surface area contributed by atoms with Crippen LogP contribution < -0.4 is 10.2 Å². The Balaban J connectivity index is 2.31. The van der Waals surface area contributed by atoms with E-state index in [-0.39, 0.29) is 0 Å². The van der Waals surface area contributed by atoms with Crippen LogP contribution in [0.5, 0.6) is 0 Å². The number of piperazine rings is 1. The largest absolute Gasteiger partial charge is 0.416 e. The Kier molecular flexibility index (Phi) is 3.82. The molecule has 0 amide bonds. The quantitative estimate of drug-likeness (QED) is 0.779. The van der Waals surface area contributed by atoms with Gasteiger partial charge in [-0.1, -0.05) is 0 Å². The van der Waals surface area contributed by atoms with Crippen molar-refractivity contribution in [2.45, 2.75) is 6.18 Å². The summed E-state index contributed by atoms with van der Waals surface area (Å²) in [5, 5.41) is 3.18. The molecule has 94 valence electrons. The first-order valence-electron chi connectivity index (χ1n) is 5.30. The lowest BCUT2D eigenvalue weighted by molar-refractivity contribution is -0.137. The van der Waals surface area contributed by atoms with Gasteiger partial charge < -0.3 is 10.2 Å². The lowest BCUT2D eigenvalue weighted by Gasteiger charge is -2.30. The van der Waals surface area contributed by atoms with Crippen molar-refractivity contribution in [3.63, 3.8) is 0 Å². The number of nitrogens with one attached hydrogen (secondary N) is 1. The van der Waals surface area contributed by atoms with Crippen molar-refractivity contribution in [3.05, 3.63) is 27.3 Å². The zero-order chi connectivity index (χ0) is 12.5. The van der Waals surface area contributed by atoms with Crippen molar-refractivity contribution >= 4 is 28.3 Å². The molecule has 1 aliphatic rings. The van der Waals surface area contributed by atoms with Crippen LogP contribution in [-0.2, 0) is 6.18 Å². The summed E-state index contributed by atoms with van der Waals surface area (Å²) in [6.07, 6.45) is -4.27. The molecule has 2 nitrogen and oxygen atoms in total. The fourth-order valence-corrected chi connectivity index (χ4v) is 2.50. The Morgan fingerprint density at radius 3 is 2.35 bits per heavy atom. The predicted molar refractivity (Wildman–Crippen MR) is 69.2 cm³/mol. The Bertz CT molecular complexity index is 400. The van der Waals surface area contributed by atoms with Gasteiger partial charge in [0.1, 0.15) is 0 Å². The smallest absolute Gasteiger partial charge is 0.369 e. The number of hydrogen-bond donors (Lipinski definition) is 1. The summed E-state index contributed by atoms with van der Waals surface area (Å²) in [6.45, 7) is 3.12. The molecule has 0 unspecified atom stereocenters. The summed E-state index contributed by atoms with van der Waals surface area (Å²) in [5.74, 6) is 0. The number of alkyl halides is 3. The van der Waals surface area contributed by atoms with E-state index in [0.717, 1.165) is 26.2 Å². The first kappa shape index (κ1) is 12.9. The molecule has 0 aliphatic carbocycles. The minimum Gasteiger partial charge on any atom is -0.369 e. The molecule has 1 aromatic carbocycles. The third kappa shape index (κ3) is 3.25. The second-order valence-corrected chi connectivity index (χ2v) is 5.18. The first-order valence-corrected chi connectivity index (χ1v) is 6.38. The van der Waals surface area contributed by atoms with Crippen molar-refractivity contribution in [2.75, 3.05) is 31.1 Å². The van der Waals surface area contributed by atoms with Gasteiger partial charge in [-0.05, 0) is 40.8 Å². The molecule has 6 heteroatoms. The van der Waals surface area contributed by atoms with Crippen molar-refractivity contribution in [2.24, 2.45) is 0 Å². The maximum Gasteiger partial charge on any atom is 0.416 e. The molecule has 1 N–H and O–H groups in total. The molecular weight excluding hydrogens is 344 g/mol. The Labute approximate surface area is 111 Å². The Hall–Kier alpha value is -0.500. The second kappa shape index (κ2) is 5.01. The fourth-order valence-electron chi connectivity index (χ4n) is 1.84. The Morgan fingerprint density at radius 1 is 1.12 bits per heavy atom. The van der Waals surface area contributed by atoms with E-state index in [2.05, 4.69) is 5.32 Å². The SMILES string of the molecule is FC(F)(F)c1cc(I)cc(N2CCNCC2)c1. The van der Waals surface area contributed by atoms with Gasteiger partial charge in [-0.25, -0.2) is 0 Å². The first-order chi connectivity index (χ1) is 7.97. The van der Waals surface area contributed by atoms with Gasteiger partial charge in [0.05, 0.1) is 5.56 Å². The van der Waals surface area contributed by atoms with E-state index < -0.39 is 11.7 Å². The number of anilines is 1. The van der Waals surface area contributed by atoms with Crippen molar-refractivity contribution in [1.29, 1.82) is 0 Å². The third-order valence-corrected chi connectivity index (χ3v) is 3.31. The van der Waals surface area contributed by atoms with Crippen LogP contribution in [0.3, 0.4) is 0 Å². The summed E-state index contributed by atoms with van der Waals surface area (Å²) in [7, 11) is 0. The van der Waals surface area contributed by atoms with Crippen LogP contribution in [0.1, 0.15) is 5.56 Å². The van der Waals surface area contributed by atoms with Crippen LogP contribution in [0.15, 0.2) is 18.2 Å². The molecular formula is C11H12F3IN2. The average Bonchev–Trinajstić information content (AvgIpc) is 2.28. The molecule has 1 fully saturated rings. The van der Waals surface area contributed by atoms with E-state index in [1.165, 1.54) is 12.1 Å². The van der Waals surface area contributed by atoms with Crippen LogP contribution in [0.25, 0.3) is 0 Å². The van der Waals surface area contributed by atoms with Gasteiger partial charge in [-0.2, -0.15) is 13.2 Å². The molecule has 17 heavy (non-hydrogen) atoms. The van der Waals surface area contributed by atoms with Crippen LogP contribution in [0.4, 0.5) is 18.9 Å². The highest BCUT2D eigenvalue weighted by Crippen LogP contribution is 2.33. The standard InChI is InChI=1S/C11H12F3IN2/c12-11(13,14)8-5-9(15)7-10(6-8)17-3-1-16-2-4-17/h5-7,16H,1-4H2. The molecule has 1 saturated heterocycles. The normalized spacial score (nSPS) is 17.3. The van der Waals surface area contributed by atoms with Gasteiger partial charge in [-0.15, -0.1) is 0 Å². The van der Waals surface area contributed by atoms with Crippen molar-refractivity contribution in [1.82, 2.24) is 5.32 Å². The highest BCUT2D eigenvalue weighted by Gasteiger charge is 2.31. The third-order valence-electron chi connectivity index (χ3n) is 2.69. The number of rotatable bonds is 1. The minimum absolute atomic E-state index is 0.571. The van der Waals surface area contributed by atoms with Crippen molar-refractivity contribution < 1.29 is 13.2 Å². The van der Waals surface area contributed by atoms with E-state index >= 15 is 0 Å². The number of hydrogen-bond acceptors (Lipinski definition) is 2. The number of nitrogens with zero attached hydrogens (tertiary/aromatic N) is 1. The summed E-state index contributed by atoms with van der Waals surface area (Å²) < 4.78 is 38.7. The van der Waals surface area contributed by atoms with Gasteiger partial charge in [0.2, 0.25) is 0 Å². The average molecular weight is 356 g/mol. The second-order valence-electron chi connectivity index (χ2n) is 3.93. The van der Waals surface area contributed by atoms with E-state index in [9.17, 15) is 13.2 Å². The highest BCUT2D eigenvalue weighted by atomic mass is 127. The molecule has 0 atom stereocenters. The maximum absolute atomic E-state index is 12.7. The molecule has 2 rings (SSSR count). The summed E-state index contributed by atoms with van der Waals surface area (Å²) in [5.41, 5.74) is 0.0867. The summed E-state index contributed by atoms with van der Waals surface area (Å²) >= 11 is 1.92. The molecule has 0 aromatic heterocycles. The monoisotopic (exact) mass is 356 g/mol. The number of benzene rings is 1. The topological polar surface area (TPSA) is 15.3 Å². The zero-order valence-corrected chi connectivity index (χ0v) is 11.2. The molecule has 0 bridgehead atoms. The van der Waals surface area contributed by atoms with Crippen LogP contribution >= 0.6 is 22.6 Å². The molecule has 0 radical (unpaired) electrons. The lowest BCUT2D eigenvalue weighted by atomic mass is 10.1. The fraction of sp³-hybridized carbons (Fsp3) is 0.455. The van der Waals surface area contributed by atoms with Crippen LogP contribution in [0, 0.1) is 3.57 Å². The van der Waals surface area contributed by atoms with E-state index in [1.54, 1.807) is 6.07 Å².